The highest BCUT2D eigenvalue weighted by Gasteiger charge is 2.13. The molecule has 0 aliphatic rings. The normalized spacial score (nSPS) is 12.1. The topological polar surface area (TPSA) is 67.2 Å². The molecule has 0 radical (unpaired) electrons. The molecule has 0 aliphatic carbocycles. The fourth-order valence-corrected chi connectivity index (χ4v) is 2.84. The van der Waals surface area contributed by atoms with Crippen molar-refractivity contribution in [3.05, 3.63) is 48.0 Å². The van der Waals surface area contributed by atoms with Crippen molar-refractivity contribution in [1.29, 1.82) is 0 Å². The van der Waals surface area contributed by atoms with Crippen LogP contribution in [0.2, 0.25) is 0 Å². The van der Waals surface area contributed by atoms with E-state index in [-0.39, 0.29) is 30.8 Å². The zero-order chi connectivity index (χ0) is 16.7. The summed E-state index contributed by atoms with van der Waals surface area (Å²) in [6, 6.07) is 7.71. The van der Waals surface area contributed by atoms with E-state index >= 15 is 0 Å². The van der Waals surface area contributed by atoms with Crippen molar-refractivity contribution in [2.45, 2.75) is 18.9 Å². The van der Waals surface area contributed by atoms with Crippen LogP contribution >= 0.6 is 11.8 Å². The van der Waals surface area contributed by atoms with Crippen LogP contribution in [0.25, 0.3) is 5.69 Å². The number of carbonyl (C=O) groups excluding carboxylic acids is 1. The Morgan fingerprint density at radius 1 is 1.39 bits per heavy atom. The van der Waals surface area contributed by atoms with Gasteiger partial charge >= 0.3 is 0 Å². The summed E-state index contributed by atoms with van der Waals surface area (Å²) in [5.41, 5.74) is 1.37. The Morgan fingerprint density at radius 2 is 2.13 bits per heavy atom. The van der Waals surface area contributed by atoms with Crippen molar-refractivity contribution in [1.82, 2.24) is 15.1 Å². The van der Waals surface area contributed by atoms with Gasteiger partial charge in [-0.2, -0.15) is 16.9 Å². The van der Waals surface area contributed by atoms with E-state index in [0.29, 0.717) is 12.1 Å². The standard InChI is InChI=1S/C16H20FN3O2S/c1-23-11-14(7-9-21)18-16(22)10-13-6-8-20(19-13)15-4-2-12(17)3-5-15/h2-6,8,14,21H,7,9-11H2,1H3,(H,18,22). The van der Waals surface area contributed by atoms with Gasteiger partial charge in [0.2, 0.25) is 5.91 Å². The zero-order valence-corrected chi connectivity index (χ0v) is 13.7. The molecule has 0 saturated carbocycles. The summed E-state index contributed by atoms with van der Waals surface area (Å²) in [5.74, 6) is 0.335. The smallest absolute Gasteiger partial charge is 0.226 e. The largest absolute Gasteiger partial charge is 0.396 e. The molecule has 0 saturated heterocycles. The summed E-state index contributed by atoms with van der Waals surface area (Å²) in [6.45, 7) is 0.0463. The number of aromatic nitrogens is 2. The Morgan fingerprint density at radius 3 is 2.78 bits per heavy atom. The number of nitrogens with one attached hydrogen (secondary N) is 1. The molecule has 0 aliphatic heterocycles. The number of amides is 1. The second-order valence-corrected chi connectivity index (χ2v) is 6.05. The molecular formula is C16H20FN3O2S. The first-order valence-corrected chi connectivity index (χ1v) is 8.71. The number of hydrogen-bond donors (Lipinski definition) is 2. The van der Waals surface area contributed by atoms with Crippen molar-refractivity contribution in [3.63, 3.8) is 0 Å². The Kier molecular flexibility index (Phi) is 6.61. The van der Waals surface area contributed by atoms with Crippen LogP contribution in [0.15, 0.2) is 36.5 Å². The average molecular weight is 337 g/mol. The van der Waals surface area contributed by atoms with Crippen LogP contribution in [0, 0.1) is 5.82 Å². The third-order valence-corrected chi connectivity index (χ3v) is 4.02. The highest BCUT2D eigenvalue weighted by atomic mass is 32.2. The minimum atomic E-state index is -0.302. The molecule has 0 bridgehead atoms. The number of aliphatic hydroxyl groups excluding tert-OH is 1. The van der Waals surface area contributed by atoms with Gasteiger partial charge in [-0.15, -0.1) is 0 Å². The monoisotopic (exact) mass is 337 g/mol. The Balaban J connectivity index is 1.95. The van der Waals surface area contributed by atoms with E-state index in [1.807, 2.05) is 6.26 Å². The van der Waals surface area contributed by atoms with E-state index in [1.54, 1.807) is 40.8 Å². The first-order chi connectivity index (χ1) is 11.1. The molecule has 1 amide bonds. The van der Waals surface area contributed by atoms with Crippen LogP contribution < -0.4 is 5.32 Å². The second kappa shape index (κ2) is 8.69. The molecule has 1 aromatic carbocycles. The SMILES string of the molecule is CSCC(CCO)NC(=O)Cc1ccn(-c2ccc(F)cc2)n1. The predicted octanol–water partition coefficient (Wildman–Crippen LogP) is 1.78. The Hall–Kier alpha value is -1.86. The molecule has 1 atom stereocenters. The van der Waals surface area contributed by atoms with Gasteiger partial charge < -0.3 is 10.4 Å². The Bertz CT molecular complexity index is 625. The van der Waals surface area contributed by atoms with Gasteiger partial charge in [0, 0.05) is 24.6 Å². The van der Waals surface area contributed by atoms with Crippen molar-refractivity contribution < 1.29 is 14.3 Å². The molecule has 2 rings (SSSR count). The zero-order valence-electron chi connectivity index (χ0n) is 12.9. The van der Waals surface area contributed by atoms with Crippen molar-refractivity contribution >= 4 is 17.7 Å². The molecule has 0 spiro atoms. The number of hydrogen-bond acceptors (Lipinski definition) is 4. The van der Waals surface area contributed by atoms with Crippen LogP contribution in [0.3, 0.4) is 0 Å². The number of carbonyl (C=O) groups is 1. The van der Waals surface area contributed by atoms with Gasteiger partial charge in [-0.25, -0.2) is 9.07 Å². The summed E-state index contributed by atoms with van der Waals surface area (Å²) in [6.07, 6.45) is 4.41. The lowest BCUT2D eigenvalue weighted by Crippen LogP contribution is -2.38. The third kappa shape index (κ3) is 5.37. The molecule has 0 fully saturated rings. The van der Waals surface area contributed by atoms with Gasteiger partial charge in [0.25, 0.3) is 0 Å². The predicted molar refractivity (Wildman–Crippen MR) is 89.2 cm³/mol. The van der Waals surface area contributed by atoms with E-state index in [0.717, 1.165) is 11.4 Å². The molecule has 1 unspecified atom stereocenters. The highest BCUT2D eigenvalue weighted by molar-refractivity contribution is 7.98. The number of aliphatic hydroxyl groups is 1. The van der Waals surface area contributed by atoms with E-state index in [4.69, 9.17) is 5.11 Å². The van der Waals surface area contributed by atoms with Crippen LogP contribution in [-0.2, 0) is 11.2 Å². The summed E-state index contributed by atoms with van der Waals surface area (Å²) < 4.78 is 14.5. The van der Waals surface area contributed by atoms with E-state index < -0.39 is 0 Å². The maximum Gasteiger partial charge on any atom is 0.226 e. The maximum atomic E-state index is 12.9. The van der Waals surface area contributed by atoms with Gasteiger partial charge in [0.15, 0.2) is 0 Å². The number of halogens is 1. The van der Waals surface area contributed by atoms with Crippen LogP contribution in [0.5, 0.6) is 0 Å². The number of rotatable bonds is 8. The average Bonchev–Trinajstić information content (AvgIpc) is 2.96. The number of nitrogens with zero attached hydrogens (tertiary/aromatic N) is 2. The van der Waals surface area contributed by atoms with Gasteiger partial charge in [0.1, 0.15) is 5.82 Å². The lowest BCUT2D eigenvalue weighted by Gasteiger charge is -2.16. The fourth-order valence-electron chi connectivity index (χ4n) is 2.19. The van der Waals surface area contributed by atoms with Crippen LogP contribution in [0.1, 0.15) is 12.1 Å². The summed E-state index contributed by atoms with van der Waals surface area (Å²) >= 11 is 1.62. The molecule has 7 heteroatoms. The maximum absolute atomic E-state index is 12.9. The number of benzene rings is 1. The second-order valence-electron chi connectivity index (χ2n) is 5.14. The van der Waals surface area contributed by atoms with Crippen LogP contribution in [-0.4, -0.2) is 45.5 Å². The van der Waals surface area contributed by atoms with E-state index in [2.05, 4.69) is 10.4 Å². The molecule has 5 nitrogen and oxygen atoms in total. The summed E-state index contributed by atoms with van der Waals surface area (Å²) in [4.78, 5) is 12.1. The molecule has 1 heterocycles. The molecule has 124 valence electrons. The van der Waals surface area contributed by atoms with Crippen molar-refractivity contribution in [3.8, 4) is 5.69 Å². The first kappa shape index (κ1) is 17.5. The van der Waals surface area contributed by atoms with Crippen LogP contribution in [0.4, 0.5) is 4.39 Å². The third-order valence-electron chi connectivity index (χ3n) is 3.29. The van der Waals surface area contributed by atoms with Gasteiger partial charge in [-0.3, -0.25) is 4.79 Å². The molecule has 1 aromatic heterocycles. The van der Waals surface area contributed by atoms with E-state index in [9.17, 15) is 9.18 Å². The first-order valence-electron chi connectivity index (χ1n) is 7.32. The lowest BCUT2D eigenvalue weighted by atomic mass is 10.2. The molecule has 2 aromatic rings. The highest BCUT2D eigenvalue weighted by Crippen LogP contribution is 2.09. The number of thioether (sulfide) groups is 1. The van der Waals surface area contributed by atoms with Gasteiger partial charge in [-0.05, 0) is 43.0 Å². The summed E-state index contributed by atoms with van der Waals surface area (Å²) in [5, 5.41) is 16.2. The molecular weight excluding hydrogens is 317 g/mol. The van der Waals surface area contributed by atoms with Gasteiger partial charge in [-0.1, -0.05) is 0 Å². The Labute approximate surface area is 138 Å². The summed E-state index contributed by atoms with van der Waals surface area (Å²) in [7, 11) is 0. The lowest BCUT2D eigenvalue weighted by molar-refractivity contribution is -0.121. The molecule has 23 heavy (non-hydrogen) atoms. The minimum absolute atomic E-state index is 0.0401. The van der Waals surface area contributed by atoms with Crippen molar-refractivity contribution in [2.75, 3.05) is 18.6 Å². The van der Waals surface area contributed by atoms with Gasteiger partial charge in [0.05, 0.1) is 17.8 Å². The van der Waals surface area contributed by atoms with Crippen molar-refractivity contribution in [2.24, 2.45) is 0 Å². The van der Waals surface area contributed by atoms with E-state index in [1.165, 1.54) is 12.1 Å². The minimum Gasteiger partial charge on any atom is -0.396 e. The molecule has 2 N–H and O–H groups in total. The fraction of sp³-hybridized carbons (Fsp3) is 0.375. The quantitative estimate of drug-likeness (QED) is 0.771.